The minimum absolute atomic E-state index is 0.637. The Kier molecular flexibility index (Phi) is 5.00. The summed E-state index contributed by atoms with van der Waals surface area (Å²) in [6.07, 6.45) is 7.98. The summed E-state index contributed by atoms with van der Waals surface area (Å²) in [6, 6.07) is 10.7. The molecule has 106 valence electrons. The predicted octanol–water partition coefficient (Wildman–Crippen LogP) is 3.55. The maximum Gasteiger partial charge on any atom is 0.0994 e. The lowest BCUT2D eigenvalue weighted by Gasteiger charge is -2.34. The van der Waals surface area contributed by atoms with Crippen LogP contribution in [0, 0.1) is 0 Å². The van der Waals surface area contributed by atoms with Crippen LogP contribution in [0.5, 0.6) is 0 Å². The van der Waals surface area contributed by atoms with E-state index in [4.69, 9.17) is 0 Å². The summed E-state index contributed by atoms with van der Waals surface area (Å²) in [7, 11) is 2.16. The van der Waals surface area contributed by atoms with E-state index in [0.717, 1.165) is 5.56 Å². The Bertz CT molecular complexity index is 366. The van der Waals surface area contributed by atoms with Gasteiger partial charge in [0.1, 0.15) is 0 Å². The van der Waals surface area contributed by atoms with Gasteiger partial charge in [-0.25, -0.2) is 0 Å². The lowest BCUT2D eigenvalue weighted by molar-refractivity contribution is 0.00939. The van der Waals surface area contributed by atoms with Gasteiger partial charge in [0, 0.05) is 12.6 Å². The highest BCUT2D eigenvalue weighted by atomic mass is 16.3. The molecule has 2 rings (SSSR count). The fourth-order valence-corrected chi connectivity index (χ4v) is 3.20. The van der Waals surface area contributed by atoms with Crippen LogP contribution in [0.3, 0.4) is 0 Å². The van der Waals surface area contributed by atoms with Crippen LogP contribution in [0.15, 0.2) is 30.3 Å². The minimum atomic E-state index is -0.762. The highest BCUT2D eigenvalue weighted by molar-refractivity contribution is 5.21. The van der Waals surface area contributed by atoms with Gasteiger partial charge in [0.05, 0.1) is 5.60 Å². The van der Waals surface area contributed by atoms with E-state index >= 15 is 0 Å². The maximum absolute atomic E-state index is 10.7. The monoisotopic (exact) mass is 261 g/mol. The second-order valence-corrected chi connectivity index (χ2v) is 6.20. The van der Waals surface area contributed by atoms with Crippen molar-refractivity contribution in [1.29, 1.82) is 0 Å². The van der Waals surface area contributed by atoms with Gasteiger partial charge in [-0.15, -0.1) is 0 Å². The highest BCUT2D eigenvalue weighted by Gasteiger charge is 2.27. The number of rotatable bonds is 4. The molecule has 1 aliphatic carbocycles. The Labute approximate surface area is 117 Å². The van der Waals surface area contributed by atoms with E-state index in [9.17, 15) is 5.11 Å². The molecule has 1 N–H and O–H groups in total. The largest absolute Gasteiger partial charge is 0.384 e. The molecular formula is C17H27NO. The van der Waals surface area contributed by atoms with Gasteiger partial charge in [-0.2, -0.15) is 0 Å². The zero-order valence-electron chi connectivity index (χ0n) is 12.3. The molecule has 1 fully saturated rings. The lowest BCUT2D eigenvalue weighted by Crippen LogP contribution is -2.42. The summed E-state index contributed by atoms with van der Waals surface area (Å²) in [5.41, 5.74) is 0.248. The van der Waals surface area contributed by atoms with Crippen molar-refractivity contribution in [2.75, 3.05) is 13.6 Å². The number of hydrogen-bond donors (Lipinski definition) is 1. The van der Waals surface area contributed by atoms with Crippen molar-refractivity contribution in [1.82, 2.24) is 4.90 Å². The summed E-state index contributed by atoms with van der Waals surface area (Å²) < 4.78 is 0. The van der Waals surface area contributed by atoms with Crippen molar-refractivity contribution in [3.8, 4) is 0 Å². The summed E-state index contributed by atoms with van der Waals surface area (Å²) in [6.45, 7) is 2.64. The number of likely N-dealkylation sites (N-methyl/N-ethyl adjacent to an activating group) is 1. The molecule has 2 nitrogen and oxygen atoms in total. The standard InChI is InChI=1S/C17H27NO/c1-17(19,15-10-6-5-7-11-15)14-18(2)16-12-8-3-4-9-13-16/h5-7,10-11,16,19H,3-4,8-9,12-14H2,1-2H3. The SMILES string of the molecule is CN(CC(C)(O)c1ccccc1)C1CCCCCC1. The van der Waals surface area contributed by atoms with Crippen LogP contribution in [-0.2, 0) is 5.60 Å². The molecule has 1 aliphatic rings. The first kappa shape index (κ1) is 14.5. The lowest BCUT2D eigenvalue weighted by atomic mass is 9.94. The fraction of sp³-hybridized carbons (Fsp3) is 0.647. The van der Waals surface area contributed by atoms with E-state index in [1.165, 1.54) is 38.5 Å². The third-order valence-corrected chi connectivity index (χ3v) is 4.40. The number of benzene rings is 1. The second kappa shape index (κ2) is 6.53. The zero-order chi connectivity index (χ0) is 13.7. The molecule has 0 saturated heterocycles. The molecule has 2 heteroatoms. The maximum atomic E-state index is 10.7. The van der Waals surface area contributed by atoms with E-state index in [0.29, 0.717) is 12.6 Å². The van der Waals surface area contributed by atoms with Gasteiger partial charge in [-0.1, -0.05) is 56.0 Å². The molecule has 0 amide bonds. The normalized spacial score (nSPS) is 21.1. The minimum Gasteiger partial charge on any atom is -0.384 e. The quantitative estimate of drug-likeness (QED) is 0.838. The van der Waals surface area contributed by atoms with Crippen LogP contribution in [0.4, 0.5) is 0 Å². The molecule has 0 aromatic heterocycles. The van der Waals surface area contributed by atoms with Gasteiger partial charge in [0.2, 0.25) is 0 Å². The van der Waals surface area contributed by atoms with E-state index in [-0.39, 0.29) is 0 Å². The molecule has 1 aromatic carbocycles. The van der Waals surface area contributed by atoms with Crippen LogP contribution < -0.4 is 0 Å². The van der Waals surface area contributed by atoms with Crippen molar-refractivity contribution in [2.45, 2.75) is 57.1 Å². The van der Waals surface area contributed by atoms with Crippen LogP contribution in [-0.4, -0.2) is 29.6 Å². The van der Waals surface area contributed by atoms with E-state index in [1.54, 1.807) is 0 Å². The van der Waals surface area contributed by atoms with Crippen molar-refractivity contribution in [3.63, 3.8) is 0 Å². The number of hydrogen-bond acceptors (Lipinski definition) is 2. The molecule has 0 heterocycles. The fourth-order valence-electron chi connectivity index (χ4n) is 3.20. The molecule has 1 aromatic rings. The Hall–Kier alpha value is -0.860. The summed E-state index contributed by atoms with van der Waals surface area (Å²) in [5, 5.41) is 10.7. The van der Waals surface area contributed by atoms with E-state index < -0.39 is 5.60 Å². The number of nitrogens with zero attached hydrogens (tertiary/aromatic N) is 1. The van der Waals surface area contributed by atoms with Crippen LogP contribution in [0.1, 0.15) is 51.0 Å². The first-order valence-electron chi connectivity index (χ1n) is 7.58. The predicted molar refractivity (Wildman–Crippen MR) is 80.1 cm³/mol. The Morgan fingerprint density at radius 2 is 1.68 bits per heavy atom. The van der Waals surface area contributed by atoms with Gasteiger partial charge >= 0.3 is 0 Å². The average molecular weight is 261 g/mol. The van der Waals surface area contributed by atoms with Gasteiger partial charge in [0.25, 0.3) is 0 Å². The smallest absolute Gasteiger partial charge is 0.0994 e. The summed E-state index contributed by atoms with van der Waals surface area (Å²) in [5.74, 6) is 0. The summed E-state index contributed by atoms with van der Waals surface area (Å²) in [4.78, 5) is 2.36. The molecule has 1 saturated carbocycles. The van der Waals surface area contributed by atoms with Crippen molar-refractivity contribution >= 4 is 0 Å². The average Bonchev–Trinajstić information content (AvgIpc) is 2.68. The molecule has 0 aliphatic heterocycles. The number of aliphatic hydroxyl groups is 1. The van der Waals surface area contributed by atoms with E-state index in [1.807, 2.05) is 37.3 Å². The second-order valence-electron chi connectivity index (χ2n) is 6.20. The van der Waals surface area contributed by atoms with Crippen LogP contribution in [0.25, 0.3) is 0 Å². The Balaban J connectivity index is 1.98. The molecule has 1 atom stereocenters. The topological polar surface area (TPSA) is 23.5 Å². The molecule has 0 bridgehead atoms. The third kappa shape index (κ3) is 4.05. The van der Waals surface area contributed by atoms with Gasteiger partial charge < -0.3 is 10.0 Å². The van der Waals surface area contributed by atoms with E-state index in [2.05, 4.69) is 11.9 Å². The highest BCUT2D eigenvalue weighted by Crippen LogP contribution is 2.26. The van der Waals surface area contributed by atoms with Gasteiger partial charge in [0.15, 0.2) is 0 Å². The third-order valence-electron chi connectivity index (χ3n) is 4.40. The summed E-state index contributed by atoms with van der Waals surface area (Å²) >= 11 is 0. The first-order valence-corrected chi connectivity index (χ1v) is 7.58. The first-order chi connectivity index (χ1) is 9.09. The molecule has 0 radical (unpaired) electrons. The molecule has 1 unspecified atom stereocenters. The van der Waals surface area contributed by atoms with Crippen LogP contribution >= 0.6 is 0 Å². The van der Waals surface area contributed by atoms with Crippen LogP contribution in [0.2, 0.25) is 0 Å². The molecular weight excluding hydrogens is 234 g/mol. The van der Waals surface area contributed by atoms with Gasteiger partial charge in [-0.3, -0.25) is 0 Å². The Morgan fingerprint density at radius 3 is 2.26 bits per heavy atom. The molecule has 19 heavy (non-hydrogen) atoms. The zero-order valence-corrected chi connectivity index (χ0v) is 12.3. The van der Waals surface area contributed by atoms with Crippen molar-refractivity contribution in [2.24, 2.45) is 0 Å². The van der Waals surface area contributed by atoms with Crippen molar-refractivity contribution < 1.29 is 5.11 Å². The Morgan fingerprint density at radius 1 is 1.11 bits per heavy atom. The molecule has 0 spiro atoms. The van der Waals surface area contributed by atoms with Gasteiger partial charge in [-0.05, 0) is 32.4 Å². The van der Waals surface area contributed by atoms with Crippen molar-refractivity contribution in [3.05, 3.63) is 35.9 Å².